The monoisotopic (exact) mass is 538 g/mol. The van der Waals surface area contributed by atoms with Crippen LogP contribution in [0.5, 0.6) is 5.75 Å². The lowest BCUT2D eigenvalue weighted by Crippen LogP contribution is -2.37. The van der Waals surface area contributed by atoms with Gasteiger partial charge >= 0.3 is 0 Å². The highest BCUT2D eigenvalue weighted by Crippen LogP contribution is 2.28. The van der Waals surface area contributed by atoms with Crippen LogP contribution in [0.25, 0.3) is 10.8 Å². The maximum Gasteiger partial charge on any atom is 0.251 e. The van der Waals surface area contributed by atoms with E-state index in [4.69, 9.17) is 10.5 Å². The Kier molecular flexibility index (Phi) is 10.9. The topological polar surface area (TPSA) is 123 Å². The summed E-state index contributed by atoms with van der Waals surface area (Å²) in [5.41, 5.74) is 6.55. The number of fused-ring (bicyclic) bond motifs is 1. The van der Waals surface area contributed by atoms with Crippen molar-refractivity contribution in [3.8, 4) is 5.75 Å². The number of hydrogen-bond donors (Lipinski definition) is 4. The predicted octanol–water partition coefficient (Wildman–Crippen LogP) is 3.43. The van der Waals surface area contributed by atoms with Crippen molar-refractivity contribution in [1.29, 1.82) is 0 Å². The van der Waals surface area contributed by atoms with Crippen LogP contribution in [-0.2, 0) is 4.79 Å². The summed E-state index contributed by atoms with van der Waals surface area (Å²) in [7, 11) is 0. The molecule has 0 aromatic heterocycles. The number of carbonyl (C=O) groups is 3. The van der Waals surface area contributed by atoms with E-state index in [1.54, 1.807) is 30.3 Å². The van der Waals surface area contributed by atoms with Crippen LogP contribution in [0, 0.1) is 5.92 Å². The zero-order valence-corrected chi connectivity index (χ0v) is 22.1. The van der Waals surface area contributed by atoms with Crippen LogP contribution in [0.15, 0.2) is 66.7 Å². The van der Waals surface area contributed by atoms with Crippen molar-refractivity contribution in [2.24, 2.45) is 11.7 Å². The van der Waals surface area contributed by atoms with E-state index in [1.807, 2.05) is 36.4 Å². The number of benzene rings is 3. The number of ether oxygens (including phenoxy) is 1. The Morgan fingerprint density at radius 2 is 1.34 bits per heavy atom. The molecule has 5 N–H and O–H groups in total. The highest BCUT2D eigenvalue weighted by Gasteiger charge is 2.27. The first-order valence-corrected chi connectivity index (χ1v) is 12.8. The number of halogens is 1. The zero-order valence-electron chi connectivity index (χ0n) is 21.3. The number of rotatable bonds is 10. The van der Waals surface area contributed by atoms with E-state index in [2.05, 4.69) is 16.0 Å². The molecule has 1 fully saturated rings. The second-order valence-corrected chi connectivity index (χ2v) is 9.27. The average Bonchev–Trinajstić information content (AvgIpc) is 2.94. The van der Waals surface area contributed by atoms with E-state index in [9.17, 15) is 14.4 Å². The minimum absolute atomic E-state index is 0. The van der Waals surface area contributed by atoms with E-state index >= 15 is 0 Å². The van der Waals surface area contributed by atoms with E-state index in [0.717, 1.165) is 36.5 Å². The summed E-state index contributed by atoms with van der Waals surface area (Å²) in [5, 5.41) is 10.6. The molecule has 8 nitrogen and oxygen atoms in total. The molecule has 38 heavy (non-hydrogen) atoms. The smallest absolute Gasteiger partial charge is 0.251 e. The Hall–Kier alpha value is -3.62. The highest BCUT2D eigenvalue weighted by atomic mass is 35.5. The Balaban J connectivity index is 0.00000400. The third-order valence-corrected chi connectivity index (χ3v) is 6.62. The Morgan fingerprint density at radius 3 is 2.00 bits per heavy atom. The third-order valence-electron chi connectivity index (χ3n) is 6.62. The van der Waals surface area contributed by atoms with Gasteiger partial charge in [0.2, 0.25) is 5.91 Å². The van der Waals surface area contributed by atoms with Gasteiger partial charge in [0, 0.05) is 43.2 Å². The molecule has 3 amide bonds. The van der Waals surface area contributed by atoms with Gasteiger partial charge in [-0.1, -0.05) is 30.3 Å². The van der Waals surface area contributed by atoms with Crippen LogP contribution >= 0.6 is 12.4 Å². The minimum atomic E-state index is -0.212. The summed E-state index contributed by atoms with van der Waals surface area (Å²) in [4.78, 5) is 37.0. The van der Waals surface area contributed by atoms with Crippen molar-refractivity contribution in [2.75, 3.05) is 26.2 Å². The number of hydrogen-bond acceptors (Lipinski definition) is 5. The molecule has 202 valence electrons. The molecule has 9 heteroatoms. The van der Waals surface area contributed by atoms with Gasteiger partial charge in [0.15, 0.2) is 0 Å². The molecule has 0 aliphatic heterocycles. The van der Waals surface area contributed by atoms with E-state index < -0.39 is 0 Å². The standard InChI is InChI=1S/C29H34N4O4.ClH/c30-15-16-31-27(34)21-7-11-25(12-8-21)37-26-13-9-22(10-14-26)28(35)32-17-18-33-29(36)24-6-5-20-3-1-2-4-23(20)19-24;/h1-6,9-10,13-14,19,21,25H,7-8,11-12,15-18,30H2,(H,31,34)(H,32,35)(H,33,36);1H. The van der Waals surface area contributed by atoms with Crippen LogP contribution < -0.4 is 26.4 Å². The second kappa shape index (κ2) is 14.4. The fourth-order valence-electron chi connectivity index (χ4n) is 4.55. The van der Waals surface area contributed by atoms with E-state index in [1.165, 1.54) is 0 Å². The summed E-state index contributed by atoms with van der Waals surface area (Å²) in [6, 6.07) is 20.5. The van der Waals surface area contributed by atoms with Crippen LogP contribution in [0.1, 0.15) is 46.4 Å². The largest absolute Gasteiger partial charge is 0.490 e. The van der Waals surface area contributed by atoms with Gasteiger partial charge in [-0.05, 0) is 72.9 Å². The fourth-order valence-corrected chi connectivity index (χ4v) is 4.55. The van der Waals surface area contributed by atoms with Crippen molar-refractivity contribution in [2.45, 2.75) is 31.8 Å². The lowest BCUT2D eigenvalue weighted by molar-refractivity contribution is -0.126. The molecule has 0 unspecified atom stereocenters. The van der Waals surface area contributed by atoms with Crippen molar-refractivity contribution in [3.05, 3.63) is 77.9 Å². The Labute approximate surface area is 229 Å². The number of nitrogens with two attached hydrogens (primary N) is 1. The predicted molar refractivity (Wildman–Crippen MR) is 151 cm³/mol. The zero-order chi connectivity index (χ0) is 26.0. The van der Waals surface area contributed by atoms with E-state index in [-0.39, 0.29) is 42.2 Å². The molecule has 0 heterocycles. The number of carbonyl (C=O) groups excluding carboxylic acids is 3. The van der Waals surface area contributed by atoms with Gasteiger partial charge < -0.3 is 26.4 Å². The Morgan fingerprint density at radius 1 is 0.737 bits per heavy atom. The summed E-state index contributed by atoms with van der Waals surface area (Å²) in [6.07, 6.45) is 3.27. The summed E-state index contributed by atoms with van der Waals surface area (Å²) in [6.45, 7) is 1.60. The fraction of sp³-hybridized carbons (Fsp3) is 0.345. The van der Waals surface area contributed by atoms with Crippen molar-refractivity contribution < 1.29 is 19.1 Å². The molecule has 1 saturated carbocycles. The normalized spacial score (nSPS) is 16.7. The highest BCUT2D eigenvalue weighted by molar-refractivity contribution is 5.98. The Bertz CT molecular complexity index is 1230. The van der Waals surface area contributed by atoms with Gasteiger partial charge in [-0.2, -0.15) is 0 Å². The summed E-state index contributed by atoms with van der Waals surface area (Å²) < 4.78 is 6.06. The van der Waals surface area contributed by atoms with Crippen LogP contribution in [0.2, 0.25) is 0 Å². The van der Waals surface area contributed by atoms with Crippen LogP contribution in [-0.4, -0.2) is 50.0 Å². The van der Waals surface area contributed by atoms with Crippen molar-refractivity contribution in [1.82, 2.24) is 16.0 Å². The molecular weight excluding hydrogens is 504 g/mol. The first-order chi connectivity index (χ1) is 18.0. The SMILES string of the molecule is Cl.NCCNC(=O)C1CCC(Oc2ccc(C(=O)NCCNC(=O)c3ccc4ccccc4c3)cc2)CC1. The molecular formula is C29H35ClN4O4. The van der Waals surface area contributed by atoms with Crippen molar-refractivity contribution in [3.63, 3.8) is 0 Å². The first kappa shape index (κ1) is 28.9. The van der Waals surface area contributed by atoms with Crippen LogP contribution in [0.3, 0.4) is 0 Å². The summed E-state index contributed by atoms with van der Waals surface area (Å²) in [5.74, 6) is 0.416. The first-order valence-electron chi connectivity index (χ1n) is 12.8. The van der Waals surface area contributed by atoms with Gasteiger partial charge in [-0.3, -0.25) is 14.4 Å². The van der Waals surface area contributed by atoms with Gasteiger partial charge in [0.25, 0.3) is 11.8 Å². The number of amides is 3. The maximum absolute atomic E-state index is 12.5. The average molecular weight is 539 g/mol. The van der Waals surface area contributed by atoms with Gasteiger partial charge in [-0.15, -0.1) is 12.4 Å². The lowest BCUT2D eigenvalue weighted by atomic mass is 9.86. The molecule has 1 aliphatic rings. The maximum atomic E-state index is 12.5. The molecule has 0 saturated heterocycles. The molecule has 0 atom stereocenters. The molecule has 4 rings (SSSR count). The molecule has 0 bridgehead atoms. The molecule has 3 aromatic rings. The van der Waals surface area contributed by atoms with Gasteiger partial charge in [0.05, 0.1) is 6.10 Å². The summed E-state index contributed by atoms with van der Waals surface area (Å²) >= 11 is 0. The molecule has 1 aliphatic carbocycles. The van der Waals surface area contributed by atoms with Gasteiger partial charge in [-0.25, -0.2) is 0 Å². The van der Waals surface area contributed by atoms with Gasteiger partial charge in [0.1, 0.15) is 5.75 Å². The molecule has 3 aromatic carbocycles. The minimum Gasteiger partial charge on any atom is -0.490 e. The van der Waals surface area contributed by atoms with Crippen LogP contribution in [0.4, 0.5) is 0 Å². The van der Waals surface area contributed by atoms with E-state index in [0.29, 0.717) is 43.1 Å². The quantitative estimate of drug-likeness (QED) is 0.295. The molecule has 0 radical (unpaired) electrons. The second-order valence-electron chi connectivity index (χ2n) is 9.27. The lowest BCUT2D eigenvalue weighted by Gasteiger charge is -2.28. The van der Waals surface area contributed by atoms with Crippen molar-refractivity contribution >= 4 is 40.9 Å². The molecule has 0 spiro atoms. The number of nitrogens with one attached hydrogen (secondary N) is 3. The third kappa shape index (κ3) is 7.94.